The summed E-state index contributed by atoms with van der Waals surface area (Å²) < 4.78 is 2.78. The Labute approximate surface area is 150 Å². The van der Waals surface area contributed by atoms with Crippen molar-refractivity contribution in [1.29, 1.82) is 0 Å². The molecule has 0 aliphatic heterocycles. The molecule has 1 aliphatic carbocycles. The third-order valence-electron chi connectivity index (χ3n) is 5.21. The van der Waals surface area contributed by atoms with Crippen LogP contribution < -0.4 is 11.2 Å². The van der Waals surface area contributed by atoms with Gasteiger partial charge in [-0.2, -0.15) is 0 Å². The zero-order valence-corrected chi connectivity index (χ0v) is 15.3. The van der Waals surface area contributed by atoms with E-state index in [1.165, 1.54) is 9.13 Å². The quantitative estimate of drug-likeness (QED) is 0.817. The number of H-pyrrole nitrogens is 1. The van der Waals surface area contributed by atoms with Crippen molar-refractivity contribution < 1.29 is 9.90 Å². The van der Waals surface area contributed by atoms with Gasteiger partial charge in [0.2, 0.25) is 0 Å². The van der Waals surface area contributed by atoms with Gasteiger partial charge in [-0.1, -0.05) is 26.7 Å². The summed E-state index contributed by atoms with van der Waals surface area (Å²) in [6.45, 7) is 4.70. The average Bonchev–Trinajstić information content (AvgIpc) is 3.07. The third kappa shape index (κ3) is 3.08. The summed E-state index contributed by atoms with van der Waals surface area (Å²) in [5.74, 6) is -1.07. The first-order chi connectivity index (χ1) is 12.5. The van der Waals surface area contributed by atoms with E-state index in [-0.39, 0.29) is 17.2 Å². The second-order valence-electron chi connectivity index (χ2n) is 7.05. The van der Waals surface area contributed by atoms with Crippen LogP contribution >= 0.6 is 0 Å². The van der Waals surface area contributed by atoms with Gasteiger partial charge in [0.05, 0.1) is 5.92 Å². The Morgan fingerprint density at radius 3 is 2.46 bits per heavy atom. The fraction of sp³-hybridized carbons (Fsp3) is 0.667. The number of imidazole rings is 1. The lowest BCUT2D eigenvalue weighted by Crippen LogP contribution is -2.40. The van der Waals surface area contributed by atoms with Gasteiger partial charge >= 0.3 is 11.7 Å². The van der Waals surface area contributed by atoms with Crippen molar-refractivity contribution in [2.75, 3.05) is 0 Å². The molecule has 0 bridgehead atoms. The van der Waals surface area contributed by atoms with Crippen LogP contribution in [0.3, 0.4) is 0 Å². The van der Waals surface area contributed by atoms with Crippen LogP contribution in [0.4, 0.5) is 0 Å². The van der Waals surface area contributed by atoms with Gasteiger partial charge in [0.25, 0.3) is 5.56 Å². The molecule has 1 saturated carbocycles. The van der Waals surface area contributed by atoms with E-state index in [2.05, 4.69) is 9.97 Å². The smallest absolute Gasteiger partial charge is 0.332 e. The predicted octanol–water partition coefficient (Wildman–Crippen LogP) is 2.06. The van der Waals surface area contributed by atoms with Crippen molar-refractivity contribution in [1.82, 2.24) is 19.1 Å². The molecule has 0 spiro atoms. The number of aromatic amines is 1. The van der Waals surface area contributed by atoms with E-state index < -0.39 is 11.9 Å². The van der Waals surface area contributed by atoms with Gasteiger partial charge in [-0.3, -0.25) is 18.7 Å². The summed E-state index contributed by atoms with van der Waals surface area (Å²) in [5.41, 5.74) is -0.0709. The number of nitrogens with zero attached hydrogens (tertiary/aromatic N) is 3. The van der Waals surface area contributed by atoms with Crippen LogP contribution in [0.25, 0.3) is 11.2 Å². The summed E-state index contributed by atoms with van der Waals surface area (Å²) >= 11 is 0. The minimum absolute atomic E-state index is 0.252. The highest BCUT2D eigenvalue weighted by Gasteiger charge is 2.34. The monoisotopic (exact) mass is 362 g/mol. The number of aryl methyl sites for hydroxylation is 1. The van der Waals surface area contributed by atoms with Crippen molar-refractivity contribution in [3.8, 4) is 0 Å². The van der Waals surface area contributed by atoms with Crippen LogP contribution in [0.2, 0.25) is 0 Å². The number of aliphatic carboxylic acids is 1. The number of aromatic nitrogens is 4. The lowest BCUT2D eigenvalue weighted by atomic mass is 9.79. The van der Waals surface area contributed by atoms with Crippen molar-refractivity contribution in [3.05, 3.63) is 26.7 Å². The van der Waals surface area contributed by atoms with Gasteiger partial charge < -0.3 is 10.1 Å². The van der Waals surface area contributed by atoms with Crippen LogP contribution in [0.15, 0.2) is 9.59 Å². The number of hydrogen-bond acceptors (Lipinski definition) is 4. The molecule has 1 fully saturated rings. The molecule has 0 unspecified atom stereocenters. The SMILES string of the molecule is CCCn1c(=O)c2[nH]c([C@H]3CCCC[C@@H]3C(=O)O)nc2n(CCC)c1=O. The summed E-state index contributed by atoms with van der Waals surface area (Å²) in [5, 5.41) is 9.53. The molecule has 1 aliphatic rings. The fourth-order valence-electron chi connectivity index (χ4n) is 3.96. The molecule has 2 atom stereocenters. The largest absolute Gasteiger partial charge is 0.481 e. The summed E-state index contributed by atoms with van der Waals surface area (Å²) in [4.78, 5) is 44.7. The maximum Gasteiger partial charge on any atom is 0.332 e. The molecule has 26 heavy (non-hydrogen) atoms. The highest BCUT2D eigenvalue weighted by molar-refractivity contribution is 5.73. The van der Waals surface area contributed by atoms with E-state index in [0.29, 0.717) is 42.9 Å². The molecule has 0 radical (unpaired) electrons. The lowest BCUT2D eigenvalue weighted by Gasteiger charge is -2.26. The van der Waals surface area contributed by atoms with E-state index in [1.807, 2.05) is 13.8 Å². The number of fused-ring (bicyclic) bond motifs is 1. The Balaban J connectivity index is 2.20. The lowest BCUT2D eigenvalue weighted by molar-refractivity contribution is -0.143. The van der Waals surface area contributed by atoms with E-state index in [9.17, 15) is 19.5 Å². The van der Waals surface area contributed by atoms with Crippen LogP contribution in [0.5, 0.6) is 0 Å². The molecule has 0 saturated heterocycles. The maximum absolute atomic E-state index is 12.8. The van der Waals surface area contributed by atoms with Crippen molar-refractivity contribution in [2.24, 2.45) is 5.92 Å². The van der Waals surface area contributed by atoms with Crippen LogP contribution in [-0.4, -0.2) is 30.2 Å². The molecule has 0 amide bonds. The Bertz CT molecular complexity index is 924. The Hall–Kier alpha value is -2.38. The van der Waals surface area contributed by atoms with E-state index in [1.54, 1.807) is 0 Å². The van der Waals surface area contributed by atoms with Crippen molar-refractivity contribution >= 4 is 17.1 Å². The number of carboxylic acid groups (broad SMARTS) is 1. The van der Waals surface area contributed by atoms with Crippen molar-refractivity contribution in [2.45, 2.75) is 71.4 Å². The zero-order chi connectivity index (χ0) is 18.8. The number of hydrogen-bond donors (Lipinski definition) is 2. The third-order valence-corrected chi connectivity index (χ3v) is 5.21. The molecule has 8 heteroatoms. The molecule has 142 valence electrons. The summed E-state index contributed by atoms with van der Waals surface area (Å²) in [7, 11) is 0. The molecule has 2 aromatic heterocycles. The Kier molecular flexibility index (Phi) is 5.29. The van der Waals surface area contributed by atoms with Gasteiger partial charge in [0, 0.05) is 19.0 Å². The summed E-state index contributed by atoms with van der Waals surface area (Å²) in [6, 6.07) is 0. The maximum atomic E-state index is 12.8. The topological polar surface area (TPSA) is 110 Å². The Morgan fingerprint density at radius 1 is 1.15 bits per heavy atom. The fourth-order valence-corrected chi connectivity index (χ4v) is 3.96. The van der Waals surface area contributed by atoms with Gasteiger partial charge in [-0.15, -0.1) is 0 Å². The molecule has 2 N–H and O–H groups in total. The Morgan fingerprint density at radius 2 is 1.81 bits per heavy atom. The van der Waals surface area contributed by atoms with Crippen molar-refractivity contribution in [3.63, 3.8) is 0 Å². The first kappa shape index (κ1) is 18.4. The molecule has 2 aromatic rings. The molecule has 3 rings (SSSR count). The number of nitrogens with one attached hydrogen (secondary N) is 1. The minimum atomic E-state index is -0.829. The van der Waals surface area contributed by atoms with E-state index >= 15 is 0 Å². The molecular formula is C18H26N4O4. The predicted molar refractivity (Wildman–Crippen MR) is 97.5 cm³/mol. The first-order valence-electron chi connectivity index (χ1n) is 9.45. The standard InChI is InChI=1S/C18H26N4O4/c1-3-9-21-15-13(16(23)22(10-4-2)18(21)26)19-14(20-15)11-7-5-6-8-12(11)17(24)25/h11-12H,3-10H2,1-2H3,(H,19,20)(H,24,25)/t11-,12-/m0/s1. The molecule has 2 heterocycles. The zero-order valence-electron chi connectivity index (χ0n) is 15.3. The summed E-state index contributed by atoms with van der Waals surface area (Å²) in [6.07, 6.45) is 4.57. The average molecular weight is 362 g/mol. The van der Waals surface area contributed by atoms with Gasteiger partial charge in [0.15, 0.2) is 5.65 Å². The number of carboxylic acids is 1. The molecule has 0 aromatic carbocycles. The highest BCUT2D eigenvalue weighted by Crippen LogP contribution is 2.37. The van der Waals surface area contributed by atoms with Crippen LogP contribution in [0, 0.1) is 5.92 Å². The van der Waals surface area contributed by atoms with Gasteiger partial charge in [-0.25, -0.2) is 9.78 Å². The van der Waals surface area contributed by atoms with E-state index in [0.717, 1.165) is 25.7 Å². The van der Waals surface area contributed by atoms with Crippen LogP contribution in [0.1, 0.15) is 64.1 Å². The second kappa shape index (κ2) is 7.47. The van der Waals surface area contributed by atoms with E-state index in [4.69, 9.17) is 0 Å². The first-order valence-corrected chi connectivity index (χ1v) is 9.45. The van der Waals surface area contributed by atoms with Gasteiger partial charge in [0.1, 0.15) is 11.3 Å². The van der Waals surface area contributed by atoms with Gasteiger partial charge in [-0.05, 0) is 25.7 Å². The normalized spacial score (nSPS) is 20.5. The highest BCUT2D eigenvalue weighted by atomic mass is 16.4. The second-order valence-corrected chi connectivity index (χ2v) is 7.05. The van der Waals surface area contributed by atoms with Crippen LogP contribution in [-0.2, 0) is 17.9 Å². The number of rotatable bonds is 6. The molecule has 8 nitrogen and oxygen atoms in total. The minimum Gasteiger partial charge on any atom is -0.481 e. The number of carbonyl (C=O) groups is 1. The molecular weight excluding hydrogens is 336 g/mol.